The highest BCUT2D eigenvalue weighted by Crippen LogP contribution is 2.40. The molecule has 0 unspecified atom stereocenters. The second kappa shape index (κ2) is 7.77. The van der Waals surface area contributed by atoms with E-state index >= 15 is 0 Å². The first-order valence-electron chi connectivity index (χ1n) is 7.16. The normalized spacial score (nSPS) is 21.7. The zero-order chi connectivity index (χ0) is 19.0. The number of hydrogen-bond acceptors (Lipinski definition) is 9. The molecule has 2 amide bonds. The van der Waals surface area contributed by atoms with E-state index in [0.29, 0.717) is 11.3 Å². The number of rotatable bonds is 5. The molecule has 2 aliphatic heterocycles. The van der Waals surface area contributed by atoms with E-state index in [1.807, 2.05) is 0 Å². The van der Waals surface area contributed by atoms with Crippen LogP contribution in [-0.4, -0.2) is 66.3 Å². The maximum absolute atomic E-state index is 12.4. The number of nitrogens with one attached hydrogen (secondary N) is 1. The number of nitrogens with two attached hydrogens (primary N) is 1. The average molecular weight is 413 g/mol. The summed E-state index contributed by atoms with van der Waals surface area (Å²) < 4.78 is 0. The van der Waals surface area contributed by atoms with Gasteiger partial charge in [0, 0.05) is 11.1 Å². The van der Waals surface area contributed by atoms with Crippen molar-refractivity contribution in [2.24, 2.45) is 5.16 Å². The van der Waals surface area contributed by atoms with Crippen LogP contribution in [0.4, 0.5) is 5.13 Å². The summed E-state index contributed by atoms with van der Waals surface area (Å²) in [4.78, 5) is 41.2. The molecule has 0 saturated carbocycles. The minimum atomic E-state index is -1.24. The molecule has 1 fully saturated rings. The largest absolute Gasteiger partial charge is 0.477 e. The van der Waals surface area contributed by atoms with E-state index in [1.54, 1.807) is 0 Å². The van der Waals surface area contributed by atoms with Crippen LogP contribution in [0.3, 0.4) is 0 Å². The van der Waals surface area contributed by atoms with Crippen LogP contribution in [-0.2, 0) is 14.4 Å². The highest BCUT2D eigenvalue weighted by molar-refractivity contribution is 8.00. The van der Waals surface area contributed by atoms with E-state index in [-0.39, 0.29) is 27.7 Å². The number of fused-ring (bicyclic) bond motifs is 1. The third-order valence-electron chi connectivity index (χ3n) is 3.81. The van der Waals surface area contributed by atoms with Crippen molar-refractivity contribution in [1.82, 2.24) is 15.2 Å². The van der Waals surface area contributed by atoms with E-state index in [4.69, 9.17) is 10.9 Å². The number of thiazole rings is 1. The number of hydrogen-bond donors (Lipinski definition) is 4. The van der Waals surface area contributed by atoms with Gasteiger partial charge in [-0.25, -0.2) is 9.78 Å². The molecule has 0 aromatic carbocycles. The molecule has 0 spiro atoms. The van der Waals surface area contributed by atoms with E-state index in [9.17, 15) is 19.5 Å². The highest BCUT2D eigenvalue weighted by atomic mass is 32.2. The molecule has 13 heteroatoms. The summed E-state index contributed by atoms with van der Waals surface area (Å²) in [6.07, 6.45) is 1.40. The van der Waals surface area contributed by atoms with Gasteiger partial charge in [0.2, 0.25) is 0 Å². The van der Waals surface area contributed by atoms with Crippen molar-refractivity contribution in [1.29, 1.82) is 0 Å². The first kappa shape index (κ1) is 20.4. The zero-order valence-electron chi connectivity index (χ0n) is 13.6. The smallest absolute Gasteiger partial charge is 0.352 e. The molecule has 2 atom stereocenters. The van der Waals surface area contributed by atoms with Gasteiger partial charge in [0.05, 0.1) is 0 Å². The van der Waals surface area contributed by atoms with E-state index in [0.717, 1.165) is 16.2 Å². The summed E-state index contributed by atoms with van der Waals surface area (Å²) in [5, 5.41) is 24.9. The molecule has 0 bridgehead atoms. The molecule has 3 rings (SSSR count). The Labute approximate surface area is 160 Å². The van der Waals surface area contributed by atoms with Gasteiger partial charge in [-0.15, -0.1) is 23.1 Å². The molecule has 144 valence electrons. The van der Waals surface area contributed by atoms with Crippen molar-refractivity contribution in [3.63, 3.8) is 0 Å². The van der Waals surface area contributed by atoms with Crippen LogP contribution in [0.5, 0.6) is 0 Å². The van der Waals surface area contributed by atoms with Gasteiger partial charge in [-0.1, -0.05) is 17.8 Å². The fourth-order valence-corrected chi connectivity index (χ4v) is 4.51. The minimum Gasteiger partial charge on any atom is -0.477 e. The summed E-state index contributed by atoms with van der Waals surface area (Å²) in [6, 6.07) is -0.944. The maximum Gasteiger partial charge on any atom is 0.352 e. The Hall–Kier alpha value is -2.90. The Kier molecular flexibility index (Phi) is 5.88. The van der Waals surface area contributed by atoms with Crippen LogP contribution in [0.25, 0.3) is 0 Å². The molecule has 0 radical (unpaired) electrons. The summed E-state index contributed by atoms with van der Waals surface area (Å²) in [6.45, 7) is 3.56. The number of allylic oxidation sites excluding steroid dienone is 1. The van der Waals surface area contributed by atoms with Crippen molar-refractivity contribution in [3.8, 4) is 0 Å². The SMILES string of the molecule is C=CC1=C(C(=O)O)N2C(=O)[C@@H](NC(=O)C(=NO)c3csc(N)n3)[C@H]2SC1.O. The quantitative estimate of drug-likeness (QED) is 0.204. The molecule has 7 N–H and O–H groups in total. The lowest BCUT2D eigenvalue weighted by atomic mass is 10.0. The van der Waals surface area contributed by atoms with Crippen LogP contribution in [0, 0.1) is 0 Å². The molecular weight excluding hydrogens is 398 g/mol. The Bertz CT molecular complexity index is 879. The van der Waals surface area contributed by atoms with Crippen molar-refractivity contribution >= 4 is 51.7 Å². The third kappa shape index (κ3) is 3.39. The number of carbonyl (C=O) groups is 3. The molecule has 2 aliphatic rings. The van der Waals surface area contributed by atoms with Gasteiger partial charge in [-0.3, -0.25) is 14.5 Å². The van der Waals surface area contributed by atoms with Crippen molar-refractivity contribution in [2.45, 2.75) is 11.4 Å². The topological polar surface area (TPSA) is 190 Å². The number of oxime groups is 1. The van der Waals surface area contributed by atoms with Gasteiger partial charge in [0.1, 0.15) is 22.8 Å². The number of β-lactam (4-membered cyclic amide) rings is 1. The van der Waals surface area contributed by atoms with Crippen LogP contribution in [0.2, 0.25) is 0 Å². The number of anilines is 1. The minimum absolute atomic E-state index is 0. The number of nitrogens with zero attached hydrogens (tertiary/aromatic N) is 3. The summed E-state index contributed by atoms with van der Waals surface area (Å²) in [7, 11) is 0. The molecule has 1 saturated heterocycles. The zero-order valence-corrected chi connectivity index (χ0v) is 15.2. The van der Waals surface area contributed by atoms with Gasteiger partial charge >= 0.3 is 5.97 Å². The molecule has 1 aromatic heterocycles. The number of thioether (sulfide) groups is 1. The summed E-state index contributed by atoms with van der Waals surface area (Å²) in [5.41, 5.74) is 5.49. The van der Waals surface area contributed by atoms with Crippen LogP contribution in [0.1, 0.15) is 5.69 Å². The Morgan fingerprint density at radius 3 is 2.74 bits per heavy atom. The average Bonchev–Trinajstić information content (AvgIpc) is 3.04. The number of aliphatic carboxylic acids is 1. The highest BCUT2D eigenvalue weighted by Gasteiger charge is 2.54. The number of amides is 2. The molecule has 1 aromatic rings. The van der Waals surface area contributed by atoms with E-state index < -0.39 is 29.2 Å². The Balaban J connectivity index is 0.00000261. The Morgan fingerprint density at radius 1 is 1.52 bits per heavy atom. The summed E-state index contributed by atoms with van der Waals surface area (Å²) >= 11 is 2.37. The molecule has 11 nitrogen and oxygen atoms in total. The Morgan fingerprint density at radius 2 is 2.22 bits per heavy atom. The first-order valence-corrected chi connectivity index (χ1v) is 9.09. The predicted molar refractivity (Wildman–Crippen MR) is 98.3 cm³/mol. The number of carbonyl (C=O) groups excluding carboxylic acids is 2. The standard InChI is InChI=1S/C14H13N5O5S2.H2O/c1-2-5-3-25-12-8(11(21)19(12)9(5)13(22)23)17-10(20)7(18-24)6-4-26-14(15)16-6;/h2,4,8,12,24H,1,3H2,(H2,15,16)(H,17,20)(H,22,23);1H2/t8-,12-;/m1./s1. The van der Waals surface area contributed by atoms with Gasteiger partial charge in [-0.2, -0.15) is 0 Å². The van der Waals surface area contributed by atoms with E-state index in [1.165, 1.54) is 23.2 Å². The fourth-order valence-electron chi connectivity index (χ4n) is 2.62. The number of carboxylic acid groups (broad SMARTS) is 1. The number of carboxylic acids is 1. The van der Waals surface area contributed by atoms with Gasteiger partial charge in [-0.05, 0) is 5.57 Å². The van der Waals surface area contributed by atoms with Crippen LogP contribution >= 0.6 is 23.1 Å². The predicted octanol–water partition coefficient (Wildman–Crippen LogP) is -0.996. The van der Waals surface area contributed by atoms with Crippen molar-refractivity contribution in [3.05, 3.63) is 35.0 Å². The fraction of sp³-hybridized carbons (Fsp3) is 0.214. The van der Waals surface area contributed by atoms with Crippen molar-refractivity contribution in [2.75, 3.05) is 11.5 Å². The lowest BCUT2D eigenvalue weighted by molar-refractivity contribution is -0.150. The van der Waals surface area contributed by atoms with Crippen molar-refractivity contribution < 1.29 is 30.2 Å². The van der Waals surface area contributed by atoms with E-state index in [2.05, 4.69) is 22.0 Å². The third-order valence-corrected chi connectivity index (χ3v) is 5.79. The first-order chi connectivity index (χ1) is 12.4. The van der Waals surface area contributed by atoms with Gasteiger partial charge in [0.25, 0.3) is 11.8 Å². The van der Waals surface area contributed by atoms with Crippen LogP contribution in [0.15, 0.2) is 34.5 Å². The number of aromatic nitrogens is 1. The maximum atomic E-state index is 12.4. The molecule has 27 heavy (non-hydrogen) atoms. The lowest BCUT2D eigenvalue weighted by Gasteiger charge is -2.49. The second-order valence-corrected chi connectivity index (χ2v) is 7.26. The molecule has 0 aliphatic carbocycles. The van der Waals surface area contributed by atoms with Gasteiger partial charge in [0.15, 0.2) is 10.8 Å². The number of nitrogen functional groups attached to an aromatic ring is 1. The van der Waals surface area contributed by atoms with Gasteiger partial charge < -0.3 is 26.8 Å². The second-order valence-electron chi connectivity index (χ2n) is 5.26. The monoisotopic (exact) mass is 413 g/mol. The summed E-state index contributed by atoms with van der Waals surface area (Å²) in [5.74, 6) is -2.27. The van der Waals surface area contributed by atoms with Crippen LogP contribution < -0.4 is 11.1 Å². The lowest BCUT2D eigenvalue weighted by Crippen LogP contribution is -2.71. The molecular formula is C14H15N5O6S2. The molecule has 3 heterocycles.